The van der Waals surface area contributed by atoms with Crippen molar-refractivity contribution in [3.63, 3.8) is 0 Å². The van der Waals surface area contributed by atoms with Crippen LogP contribution in [0.1, 0.15) is 44.1 Å². The number of hydrogen-bond acceptors (Lipinski definition) is 2. The molecule has 0 fully saturated rings. The van der Waals surface area contributed by atoms with Gasteiger partial charge in [0.05, 0.1) is 12.3 Å². The molecule has 13 heavy (non-hydrogen) atoms. The first-order valence-electron chi connectivity index (χ1n) is 5.07. The van der Waals surface area contributed by atoms with Crippen molar-refractivity contribution in [2.75, 3.05) is 6.54 Å². The molecule has 1 N–H and O–H groups in total. The smallest absolute Gasteiger partial charge is 0.123 e. The largest absolute Gasteiger partial charge is 0.467 e. The van der Waals surface area contributed by atoms with E-state index in [0.717, 1.165) is 25.1 Å². The minimum absolute atomic E-state index is 0.384. The fourth-order valence-corrected chi connectivity index (χ4v) is 1.48. The van der Waals surface area contributed by atoms with E-state index in [2.05, 4.69) is 26.1 Å². The maximum atomic E-state index is 5.45. The Labute approximate surface area is 80.3 Å². The topological polar surface area (TPSA) is 25.2 Å². The molecule has 0 aromatic carbocycles. The van der Waals surface area contributed by atoms with Crippen LogP contribution < -0.4 is 5.32 Å². The molecule has 0 amide bonds. The van der Waals surface area contributed by atoms with Crippen molar-refractivity contribution in [2.45, 2.75) is 39.7 Å². The van der Waals surface area contributed by atoms with E-state index in [1.165, 1.54) is 5.56 Å². The van der Waals surface area contributed by atoms with E-state index >= 15 is 0 Å². The van der Waals surface area contributed by atoms with Gasteiger partial charge in [0.2, 0.25) is 0 Å². The Morgan fingerprint density at radius 2 is 2.23 bits per heavy atom. The van der Waals surface area contributed by atoms with E-state index in [4.69, 9.17) is 4.42 Å². The lowest BCUT2D eigenvalue weighted by Crippen LogP contribution is -2.21. The van der Waals surface area contributed by atoms with Gasteiger partial charge in [-0.05, 0) is 37.9 Å². The summed E-state index contributed by atoms with van der Waals surface area (Å²) in [5, 5.41) is 3.47. The van der Waals surface area contributed by atoms with Crippen molar-refractivity contribution in [3.8, 4) is 0 Å². The van der Waals surface area contributed by atoms with Crippen LogP contribution in [0.25, 0.3) is 0 Å². The van der Waals surface area contributed by atoms with E-state index in [-0.39, 0.29) is 0 Å². The van der Waals surface area contributed by atoms with Gasteiger partial charge in [0.1, 0.15) is 5.76 Å². The number of rotatable bonds is 5. The molecule has 2 heteroatoms. The molecule has 0 spiro atoms. The number of aryl methyl sites for hydroxylation is 1. The summed E-state index contributed by atoms with van der Waals surface area (Å²) < 4.78 is 5.45. The Morgan fingerprint density at radius 1 is 1.46 bits per heavy atom. The first kappa shape index (κ1) is 10.3. The van der Waals surface area contributed by atoms with Gasteiger partial charge in [0.15, 0.2) is 0 Å². The van der Waals surface area contributed by atoms with Crippen LogP contribution in [0.3, 0.4) is 0 Å². The summed E-state index contributed by atoms with van der Waals surface area (Å²) in [4.78, 5) is 0. The highest BCUT2D eigenvalue weighted by Crippen LogP contribution is 2.20. The minimum atomic E-state index is 0.384. The van der Waals surface area contributed by atoms with E-state index in [0.29, 0.717) is 6.04 Å². The molecule has 1 atom stereocenters. The van der Waals surface area contributed by atoms with Crippen LogP contribution in [-0.4, -0.2) is 6.54 Å². The summed E-state index contributed by atoms with van der Waals surface area (Å²) in [7, 11) is 0. The third kappa shape index (κ3) is 2.59. The lowest BCUT2D eigenvalue weighted by atomic mass is 10.1. The molecule has 0 saturated heterocycles. The Hall–Kier alpha value is -0.760. The molecule has 0 aliphatic rings. The standard InChI is InChI=1S/C11H19NO/c1-4-7-12-10(5-2)11-9(3)6-8-13-11/h6,8,10,12H,4-5,7H2,1-3H3. The summed E-state index contributed by atoms with van der Waals surface area (Å²) in [5.74, 6) is 1.09. The molecule has 1 aromatic rings. The zero-order valence-corrected chi connectivity index (χ0v) is 8.76. The fraction of sp³-hybridized carbons (Fsp3) is 0.636. The lowest BCUT2D eigenvalue weighted by molar-refractivity contribution is 0.402. The van der Waals surface area contributed by atoms with Gasteiger partial charge >= 0.3 is 0 Å². The molecule has 1 heterocycles. The second kappa shape index (κ2) is 5.07. The average molecular weight is 181 g/mol. The average Bonchev–Trinajstić information content (AvgIpc) is 2.54. The van der Waals surface area contributed by atoms with Gasteiger partial charge in [-0.1, -0.05) is 13.8 Å². The first-order chi connectivity index (χ1) is 6.29. The quantitative estimate of drug-likeness (QED) is 0.755. The van der Waals surface area contributed by atoms with Gasteiger partial charge in [-0.15, -0.1) is 0 Å². The highest BCUT2D eigenvalue weighted by molar-refractivity contribution is 5.17. The molecule has 0 saturated carbocycles. The summed E-state index contributed by atoms with van der Waals surface area (Å²) in [6, 6.07) is 2.40. The SMILES string of the molecule is CCCNC(CC)c1occc1C. The molecular weight excluding hydrogens is 162 g/mol. The Bertz CT molecular complexity index is 242. The molecule has 0 bridgehead atoms. The van der Waals surface area contributed by atoms with Crippen LogP contribution in [0, 0.1) is 6.92 Å². The van der Waals surface area contributed by atoms with Gasteiger partial charge in [-0.3, -0.25) is 0 Å². The highest BCUT2D eigenvalue weighted by Gasteiger charge is 2.13. The highest BCUT2D eigenvalue weighted by atomic mass is 16.3. The Morgan fingerprint density at radius 3 is 2.69 bits per heavy atom. The van der Waals surface area contributed by atoms with E-state index < -0.39 is 0 Å². The third-order valence-corrected chi connectivity index (χ3v) is 2.27. The second-order valence-electron chi connectivity index (χ2n) is 3.38. The minimum Gasteiger partial charge on any atom is -0.467 e. The Balaban J connectivity index is 2.61. The third-order valence-electron chi connectivity index (χ3n) is 2.27. The molecule has 0 radical (unpaired) electrons. The maximum absolute atomic E-state index is 5.45. The van der Waals surface area contributed by atoms with Crippen LogP contribution >= 0.6 is 0 Å². The van der Waals surface area contributed by atoms with Crippen LogP contribution in [-0.2, 0) is 0 Å². The van der Waals surface area contributed by atoms with Crippen molar-refractivity contribution in [1.29, 1.82) is 0 Å². The predicted octanol–water partition coefficient (Wildman–Crippen LogP) is 3.04. The molecule has 0 aliphatic carbocycles. The molecular formula is C11H19NO. The molecule has 1 aromatic heterocycles. The number of hydrogen-bond donors (Lipinski definition) is 1. The summed E-state index contributed by atoms with van der Waals surface area (Å²) in [6.07, 6.45) is 4.01. The van der Waals surface area contributed by atoms with Crippen molar-refractivity contribution in [1.82, 2.24) is 5.32 Å². The van der Waals surface area contributed by atoms with Crippen molar-refractivity contribution in [2.24, 2.45) is 0 Å². The van der Waals surface area contributed by atoms with Gasteiger partial charge in [-0.2, -0.15) is 0 Å². The van der Waals surface area contributed by atoms with Crippen molar-refractivity contribution in [3.05, 3.63) is 23.7 Å². The number of nitrogens with one attached hydrogen (secondary N) is 1. The van der Waals surface area contributed by atoms with Gasteiger partial charge in [0, 0.05) is 0 Å². The monoisotopic (exact) mass is 181 g/mol. The van der Waals surface area contributed by atoms with Gasteiger partial charge in [-0.25, -0.2) is 0 Å². The molecule has 2 nitrogen and oxygen atoms in total. The summed E-state index contributed by atoms with van der Waals surface area (Å²) in [6.45, 7) is 7.50. The Kier molecular flexibility index (Phi) is 4.03. The van der Waals surface area contributed by atoms with E-state index in [9.17, 15) is 0 Å². The summed E-state index contributed by atoms with van der Waals surface area (Å²) in [5.41, 5.74) is 1.25. The molecule has 0 aliphatic heterocycles. The van der Waals surface area contributed by atoms with Crippen LogP contribution in [0.4, 0.5) is 0 Å². The predicted molar refractivity (Wildman–Crippen MR) is 54.8 cm³/mol. The second-order valence-corrected chi connectivity index (χ2v) is 3.38. The molecule has 1 unspecified atom stereocenters. The normalized spacial score (nSPS) is 13.2. The van der Waals surface area contributed by atoms with Crippen molar-refractivity contribution >= 4 is 0 Å². The maximum Gasteiger partial charge on any atom is 0.123 e. The molecule has 1 rings (SSSR count). The fourth-order valence-electron chi connectivity index (χ4n) is 1.48. The van der Waals surface area contributed by atoms with Gasteiger partial charge in [0.25, 0.3) is 0 Å². The van der Waals surface area contributed by atoms with Gasteiger partial charge < -0.3 is 9.73 Å². The van der Waals surface area contributed by atoms with Crippen LogP contribution in [0.5, 0.6) is 0 Å². The van der Waals surface area contributed by atoms with Crippen LogP contribution in [0.15, 0.2) is 16.7 Å². The lowest BCUT2D eigenvalue weighted by Gasteiger charge is -2.14. The number of furan rings is 1. The van der Waals surface area contributed by atoms with E-state index in [1.54, 1.807) is 6.26 Å². The zero-order chi connectivity index (χ0) is 9.68. The van der Waals surface area contributed by atoms with Crippen LogP contribution in [0.2, 0.25) is 0 Å². The summed E-state index contributed by atoms with van der Waals surface area (Å²) >= 11 is 0. The van der Waals surface area contributed by atoms with E-state index in [1.807, 2.05) is 6.07 Å². The molecule has 74 valence electrons. The zero-order valence-electron chi connectivity index (χ0n) is 8.76. The first-order valence-corrected chi connectivity index (χ1v) is 5.07. The van der Waals surface area contributed by atoms with Crippen molar-refractivity contribution < 1.29 is 4.42 Å².